The van der Waals surface area contributed by atoms with Gasteiger partial charge in [0.05, 0.1) is 13.2 Å². The number of rotatable bonds is 7. The Labute approximate surface area is 178 Å². The van der Waals surface area contributed by atoms with Crippen molar-refractivity contribution in [1.29, 1.82) is 0 Å². The van der Waals surface area contributed by atoms with Crippen LogP contribution >= 0.6 is 0 Å². The lowest BCUT2D eigenvalue weighted by Crippen LogP contribution is -2.46. The van der Waals surface area contributed by atoms with Crippen molar-refractivity contribution in [2.75, 3.05) is 45.3 Å². The number of furan rings is 1. The predicted octanol–water partition coefficient (Wildman–Crippen LogP) is 5.12. The van der Waals surface area contributed by atoms with Crippen molar-refractivity contribution >= 4 is 28.8 Å². The van der Waals surface area contributed by atoms with Crippen LogP contribution in [-0.2, 0) is 4.74 Å². The quantitative estimate of drug-likeness (QED) is 0.545. The van der Waals surface area contributed by atoms with Gasteiger partial charge in [-0.05, 0) is 48.4 Å². The minimum absolute atomic E-state index is 0.0609. The van der Waals surface area contributed by atoms with Crippen molar-refractivity contribution in [3.63, 3.8) is 0 Å². The summed E-state index contributed by atoms with van der Waals surface area (Å²) in [7, 11) is 4.09. The molecule has 0 radical (unpaired) electrons. The van der Waals surface area contributed by atoms with Gasteiger partial charge in [-0.1, -0.05) is 25.1 Å². The molecule has 2 aromatic carbocycles. The van der Waals surface area contributed by atoms with Gasteiger partial charge in [0.25, 0.3) is 0 Å². The Morgan fingerprint density at radius 1 is 1.03 bits per heavy atom. The first-order valence-corrected chi connectivity index (χ1v) is 10.6. The van der Waals surface area contributed by atoms with Crippen LogP contribution in [-0.4, -0.2) is 51.5 Å². The standard InChI is InChI=1S/C25H30N2O3/c1-4-25(27-13-15-28-16-14-27)30-23-12-8-20-17-22(29-24(20)18-23)11-7-19-5-9-21(10-6-19)26(2)3/h5-12,17-18,25H,4,13-16H2,1-3H3/b11-7+. The molecule has 0 spiro atoms. The molecule has 1 atom stereocenters. The van der Waals surface area contributed by atoms with Crippen LogP contribution in [0, 0.1) is 0 Å². The lowest BCUT2D eigenvalue weighted by molar-refractivity contribution is -0.0468. The molecule has 1 fully saturated rings. The van der Waals surface area contributed by atoms with Gasteiger partial charge in [-0.25, -0.2) is 0 Å². The van der Waals surface area contributed by atoms with E-state index in [-0.39, 0.29) is 6.23 Å². The van der Waals surface area contributed by atoms with Gasteiger partial charge in [-0.3, -0.25) is 4.90 Å². The van der Waals surface area contributed by atoms with Crippen molar-refractivity contribution in [3.8, 4) is 5.75 Å². The van der Waals surface area contributed by atoms with Gasteiger partial charge in [0.2, 0.25) is 0 Å². The summed E-state index contributed by atoms with van der Waals surface area (Å²) >= 11 is 0. The van der Waals surface area contributed by atoms with Crippen LogP contribution in [0.15, 0.2) is 52.9 Å². The molecule has 5 nitrogen and oxygen atoms in total. The van der Waals surface area contributed by atoms with Crippen LogP contribution in [0.4, 0.5) is 5.69 Å². The maximum Gasteiger partial charge on any atom is 0.152 e. The van der Waals surface area contributed by atoms with E-state index in [1.807, 2.05) is 32.3 Å². The number of hydrogen-bond acceptors (Lipinski definition) is 5. The minimum atomic E-state index is 0.0609. The summed E-state index contributed by atoms with van der Waals surface area (Å²) in [6, 6.07) is 16.6. The summed E-state index contributed by atoms with van der Waals surface area (Å²) < 4.78 is 17.8. The summed E-state index contributed by atoms with van der Waals surface area (Å²) in [6.07, 6.45) is 5.07. The molecule has 158 valence electrons. The van der Waals surface area contributed by atoms with E-state index in [2.05, 4.69) is 59.2 Å². The summed E-state index contributed by atoms with van der Waals surface area (Å²) in [5.41, 5.74) is 3.17. The smallest absolute Gasteiger partial charge is 0.152 e. The second kappa shape index (κ2) is 9.37. The van der Waals surface area contributed by atoms with E-state index < -0.39 is 0 Å². The molecule has 2 heterocycles. The molecule has 1 aromatic heterocycles. The lowest BCUT2D eigenvalue weighted by Gasteiger charge is -2.33. The third-order valence-electron chi connectivity index (χ3n) is 5.43. The molecular formula is C25H30N2O3. The summed E-state index contributed by atoms with van der Waals surface area (Å²) in [5.74, 6) is 1.67. The Morgan fingerprint density at radius 3 is 2.50 bits per heavy atom. The van der Waals surface area contributed by atoms with Gasteiger partial charge < -0.3 is 18.8 Å². The van der Waals surface area contributed by atoms with Crippen molar-refractivity contribution in [3.05, 3.63) is 59.9 Å². The van der Waals surface area contributed by atoms with E-state index in [0.29, 0.717) is 0 Å². The Bertz CT molecular complexity index is 985. The molecule has 5 heteroatoms. The van der Waals surface area contributed by atoms with E-state index in [1.54, 1.807) is 0 Å². The molecule has 3 aromatic rings. The first-order chi connectivity index (χ1) is 14.6. The molecule has 0 bridgehead atoms. The van der Waals surface area contributed by atoms with E-state index in [9.17, 15) is 0 Å². The average Bonchev–Trinajstić information content (AvgIpc) is 3.19. The normalized spacial score (nSPS) is 16.2. The number of nitrogens with zero attached hydrogens (tertiary/aromatic N) is 2. The van der Waals surface area contributed by atoms with Gasteiger partial charge >= 0.3 is 0 Å². The SMILES string of the molecule is CCC(Oc1ccc2cc(/C=C/c3ccc(N(C)C)cc3)oc2c1)N1CCOCC1. The van der Waals surface area contributed by atoms with Crippen LogP contribution < -0.4 is 9.64 Å². The Kier molecular flexibility index (Phi) is 6.41. The third-order valence-corrected chi connectivity index (χ3v) is 5.43. The fourth-order valence-corrected chi connectivity index (χ4v) is 3.69. The highest BCUT2D eigenvalue weighted by atomic mass is 16.5. The lowest BCUT2D eigenvalue weighted by atomic mass is 10.1. The van der Waals surface area contributed by atoms with Gasteiger partial charge in [0.15, 0.2) is 6.23 Å². The van der Waals surface area contributed by atoms with Crippen LogP contribution in [0.25, 0.3) is 23.1 Å². The maximum absolute atomic E-state index is 6.27. The Balaban J connectivity index is 1.46. The molecule has 1 unspecified atom stereocenters. The number of ether oxygens (including phenoxy) is 2. The van der Waals surface area contributed by atoms with Crippen LogP contribution in [0.1, 0.15) is 24.7 Å². The molecule has 30 heavy (non-hydrogen) atoms. The Hall–Kier alpha value is -2.76. The minimum Gasteiger partial charge on any atom is -0.475 e. The summed E-state index contributed by atoms with van der Waals surface area (Å²) in [5, 5.41) is 1.07. The molecule has 4 rings (SSSR count). The second-order valence-corrected chi connectivity index (χ2v) is 7.80. The molecule has 0 N–H and O–H groups in total. The van der Waals surface area contributed by atoms with Crippen LogP contribution in [0.2, 0.25) is 0 Å². The fourth-order valence-electron chi connectivity index (χ4n) is 3.69. The molecule has 0 amide bonds. The van der Waals surface area contributed by atoms with Crippen LogP contribution in [0.3, 0.4) is 0 Å². The second-order valence-electron chi connectivity index (χ2n) is 7.80. The largest absolute Gasteiger partial charge is 0.475 e. The van der Waals surface area contributed by atoms with Crippen LogP contribution in [0.5, 0.6) is 5.75 Å². The van der Waals surface area contributed by atoms with E-state index >= 15 is 0 Å². The third kappa shape index (κ3) is 4.86. The van der Waals surface area contributed by atoms with Gasteiger partial charge in [0.1, 0.15) is 17.1 Å². The van der Waals surface area contributed by atoms with Crippen molar-refractivity contribution in [2.45, 2.75) is 19.6 Å². The summed E-state index contributed by atoms with van der Waals surface area (Å²) in [6.45, 7) is 5.51. The summed E-state index contributed by atoms with van der Waals surface area (Å²) in [4.78, 5) is 4.43. The molecule has 1 saturated heterocycles. The number of hydrogen-bond donors (Lipinski definition) is 0. The van der Waals surface area contributed by atoms with Crippen molar-refractivity contribution < 1.29 is 13.9 Å². The molecule has 1 aliphatic heterocycles. The highest BCUT2D eigenvalue weighted by Crippen LogP contribution is 2.27. The molecule has 0 aliphatic carbocycles. The van der Waals surface area contributed by atoms with Crippen molar-refractivity contribution in [1.82, 2.24) is 4.90 Å². The topological polar surface area (TPSA) is 38.1 Å². The average molecular weight is 407 g/mol. The first-order valence-electron chi connectivity index (χ1n) is 10.6. The fraction of sp³-hybridized carbons (Fsp3) is 0.360. The monoisotopic (exact) mass is 406 g/mol. The number of fused-ring (bicyclic) bond motifs is 1. The van der Waals surface area contributed by atoms with Gasteiger partial charge in [0, 0.05) is 44.3 Å². The number of morpholine rings is 1. The predicted molar refractivity (Wildman–Crippen MR) is 123 cm³/mol. The van der Waals surface area contributed by atoms with Gasteiger partial charge in [-0.15, -0.1) is 0 Å². The zero-order valence-corrected chi connectivity index (χ0v) is 18.0. The maximum atomic E-state index is 6.27. The number of anilines is 1. The number of benzene rings is 2. The van der Waals surface area contributed by atoms with E-state index in [4.69, 9.17) is 13.9 Å². The zero-order chi connectivity index (χ0) is 20.9. The van der Waals surface area contributed by atoms with Crippen molar-refractivity contribution in [2.24, 2.45) is 0 Å². The van der Waals surface area contributed by atoms with E-state index in [1.165, 1.54) is 5.69 Å². The molecule has 0 saturated carbocycles. The zero-order valence-electron chi connectivity index (χ0n) is 18.0. The van der Waals surface area contributed by atoms with Gasteiger partial charge in [-0.2, -0.15) is 0 Å². The highest BCUT2D eigenvalue weighted by molar-refractivity contribution is 5.83. The highest BCUT2D eigenvalue weighted by Gasteiger charge is 2.21. The first kappa shape index (κ1) is 20.5. The van der Waals surface area contributed by atoms with E-state index in [0.717, 1.165) is 60.8 Å². The molecular weight excluding hydrogens is 376 g/mol. The Morgan fingerprint density at radius 2 is 1.80 bits per heavy atom. The molecule has 1 aliphatic rings.